The van der Waals surface area contributed by atoms with Crippen molar-refractivity contribution in [3.63, 3.8) is 0 Å². The number of unbranched alkanes of at least 4 members (excludes halogenated alkanes) is 11. The van der Waals surface area contributed by atoms with E-state index in [4.69, 9.17) is 28.4 Å². The Morgan fingerprint density at radius 2 is 1.03 bits per heavy atom. The molecule has 62 heavy (non-hydrogen) atoms. The van der Waals surface area contributed by atoms with Gasteiger partial charge in [-0.3, -0.25) is 4.79 Å². The van der Waals surface area contributed by atoms with Gasteiger partial charge in [0.2, 0.25) is 5.91 Å². The minimum Gasteiger partial charge on any atom is -0.394 e. The maximum Gasteiger partial charge on any atom is 0.220 e. The maximum absolute atomic E-state index is 13.0. The van der Waals surface area contributed by atoms with Crippen LogP contribution in [0.4, 0.5) is 0 Å². The van der Waals surface area contributed by atoms with Crippen LogP contribution in [0.25, 0.3) is 0 Å². The van der Waals surface area contributed by atoms with Crippen molar-refractivity contribution in [3.8, 4) is 0 Å². The summed E-state index contributed by atoms with van der Waals surface area (Å²) in [5.74, 6) is -0.298. The van der Waals surface area contributed by atoms with Crippen LogP contribution in [0.3, 0.4) is 0 Å². The first-order chi connectivity index (χ1) is 29.8. The van der Waals surface area contributed by atoms with Crippen molar-refractivity contribution in [3.05, 3.63) is 24.3 Å². The number of nitrogens with one attached hydrogen (secondary N) is 1. The molecule has 17 atom stereocenters. The van der Waals surface area contributed by atoms with Crippen LogP contribution in [0.2, 0.25) is 0 Å². The lowest BCUT2D eigenvalue weighted by Gasteiger charge is -2.48. The van der Waals surface area contributed by atoms with Gasteiger partial charge in [-0.1, -0.05) is 95.9 Å². The lowest BCUT2D eigenvalue weighted by Crippen LogP contribution is -2.66. The molecule has 0 radical (unpaired) electrons. The average Bonchev–Trinajstić information content (AvgIpc) is 3.26. The third kappa shape index (κ3) is 16.9. The number of carbonyl (C=O) groups excluding carboxylic acids is 1. The summed E-state index contributed by atoms with van der Waals surface area (Å²) < 4.78 is 33.9. The molecule has 0 bridgehead atoms. The monoisotopic (exact) mass is 896 g/mol. The molecule has 3 fully saturated rings. The van der Waals surface area contributed by atoms with Gasteiger partial charge >= 0.3 is 0 Å². The van der Waals surface area contributed by atoms with Crippen LogP contribution in [-0.4, -0.2) is 193 Å². The molecule has 19 nitrogen and oxygen atoms in total. The molecule has 3 saturated heterocycles. The van der Waals surface area contributed by atoms with Crippen molar-refractivity contribution in [1.29, 1.82) is 0 Å². The third-order valence-corrected chi connectivity index (χ3v) is 11.5. The molecule has 0 spiro atoms. The van der Waals surface area contributed by atoms with Crippen molar-refractivity contribution in [1.82, 2.24) is 5.32 Å². The molecule has 1 amide bonds. The minimum absolute atomic E-state index is 0.234. The fourth-order valence-corrected chi connectivity index (χ4v) is 7.61. The lowest BCUT2D eigenvalue weighted by atomic mass is 9.96. The van der Waals surface area contributed by atoms with E-state index in [9.17, 15) is 61.0 Å². The molecule has 3 aliphatic rings. The summed E-state index contributed by atoms with van der Waals surface area (Å²) in [6.45, 7) is 1.53. The van der Waals surface area contributed by atoms with E-state index in [-0.39, 0.29) is 18.9 Å². The van der Waals surface area contributed by atoms with Crippen molar-refractivity contribution in [2.24, 2.45) is 0 Å². The van der Waals surface area contributed by atoms with E-state index in [2.05, 4.69) is 31.3 Å². The number of aliphatic hydroxyl groups excluding tert-OH is 11. The summed E-state index contributed by atoms with van der Waals surface area (Å²) in [4.78, 5) is 13.0. The number of amides is 1. The number of hydrogen-bond donors (Lipinski definition) is 12. The van der Waals surface area contributed by atoms with Crippen LogP contribution in [0.1, 0.15) is 110 Å². The van der Waals surface area contributed by atoms with Crippen LogP contribution in [0, 0.1) is 0 Å². The molecule has 362 valence electrons. The van der Waals surface area contributed by atoms with Crippen LogP contribution >= 0.6 is 0 Å². The molecule has 3 rings (SSSR count). The van der Waals surface area contributed by atoms with E-state index >= 15 is 0 Å². The van der Waals surface area contributed by atoms with Gasteiger partial charge in [-0.25, -0.2) is 0 Å². The Bertz CT molecular complexity index is 1260. The van der Waals surface area contributed by atoms with Gasteiger partial charge in [0.25, 0.3) is 0 Å². The minimum atomic E-state index is -1.98. The summed E-state index contributed by atoms with van der Waals surface area (Å²) in [6.07, 6.45) is -4.65. The van der Waals surface area contributed by atoms with Gasteiger partial charge in [0.1, 0.15) is 73.2 Å². The molecular weight excluding hydrogens is 818 g/mol. The Kier molecular flexibility index (Phi) is 26.2. The normalized spacial score (nSPS) is 35.4. The number of rotatable bonds is 29. The molecule has 19 heteroatoms. The first-order valence-corrected chi connectivity index (χ1v) is 22.6. The van der Waals surface area contributed by atoms with E-state index < -0.39 is 124 Å². The quantitative estimate of drug-likeness (QED) is 0.0326. The summed E-state index contributed by atoms with van der Waals surface area (Å²) in [5.41, 5.74) is 0. The lowest BCUT2D eigenvalue weighted by molar-refractivity contribution is -0.379. The van der Waals surface area contributed by atoms with Crippen molar-refractivity contribution < 1.29 is 89.4 Å². The highest BCUT2D eigenvalue weighted by molar-refractivity contribution is 5.76. The zero-order valence-electron chi connectivity index (χ0n) is 36.3. The van der Waals surface area contributed by atoms with Gasteiger partial charge in [-0.05, 0) is 32.1 Å². The fourth-order valence-electron chi connectivity index (χ4n) is 7.61. The van der Waals surface area contributed by atoms with Gasteiger partial charge in [0.15, 0.2) is 18.9 Å². The number of carbonyl (C=O) groups is 1. The van der Waals surface area contributed by atoms with Crippen molar-refractivity contribution in [2.45, 2.75) is 214 Å². The molecule has 3 heterocycles. The van der Waals surface area contributed by atoms with Crippen LogP contribution in [-0.2, 0) is 33.2 Å². The van der Waals surface area contributed by atoms with Gasteiger partial charge in [-0.2, -0.15) is 0 Å². The summed E-state index contributed by atoms with van der Waals surface area (Å²) in [6, 6.07) is -0.979. The first-order valence-electron chi connectivity index (χ1n) is 22.6. The van der Waals surface area contributed by atoms with Crippen LogP contribution < -0.4 is 5.32 Å². The van der Waals surface area contributed by atoms with Gasteiger partial charge in [-0.15, -0.1) is 0 Å². The number of hydrogen-bond acceptors (Lipinski definition) is 18. The Hall–Kier alpha value is -1.73. The molecule has 0 aliphatic carbocycles. The smallest absolute Gasteiger partial charge is 0.220 e. The second kappa shape index (κ2) is 29.7. The van der Waals surface area contributed by atoms with E-state index in [0.717, 1.165) is 51.4 Å². The Balaban J connectivity index is 1.62. The molecule has 17 unspecified atom stereocenters. The molecule has 0 saturated carbocycles. The van der Waals surface area contributed by atoms with Crippen molar-refractivity contribution in [2.75, 3.05) is 26.4 Å². The maximum atomic E-state index is 13.0. The summed E-state index contributed by atoms with van der Waals surface area (Å²) in [5, 5.41) is 119. The number of ether oxygens (including phenoxy) is 6. The molecule has 0 aromatic heterocycles. The third-order valence-electron chi connectivity index (χ3n) is 11.5. The molecule has 0 aromatic carbocycles. The van der Waals surface area contributed by atoms with Crippen LogP contribution in [0.15, 0.2) is 24.3 Å². The molecular formula is C43H77NO18. The first kappa shape index (κ1) is 54.6. The van der Waals surface area contributed by atoms with Gasteiger partial charge in [0, 0.05) is 6.42 Å². The number of aliphatic hydroxyl groups is 11. The van der Waals surface area contributed by atoms with E-state index in [0.29, 0.717) is 12.8 Å². The van der Waals surface area contributed by atoms with E-state index in [1.807, 2.05) is 6.08 Å². The van der Waals surface area contributed by atoms with Gasteiger partial charge < -0.3 is 89.9 Å². The average molecular weight is 896 g/mol. The SMILES string of the molecule is CCCCCC/C=C/CC/C=C/C(O)C(COC1OC(CO)C(OC2OC(CO)C(OC3OC(CO)C(O)C(O)C3O)C(O)C2O)C(O)C1O)NC(=O)CCCCCCCCC. The number of allylic oxidation sites excluding steroid dienone is 3. The Morgan fingerprint density at radius 1 is 0.565 bits per heavy atom. The molecule has 0 aromatic rings. The van der Waals surface area contributed by atoms with Crippen LogP contribution in [0.5, 0.6) is 0 Å². The second-order valence-corrected chi connectivity index (χ2v) is 16.5. The highest BCUT2D eigenvalue weighted by Crippen LogP contribution is 2.33. The summed E-state index contributed by atoms with van der Waals surface area (Å²) in [7, 11) is 0. The zero-order valence-corrected chi connectivity index (χ0v) is 36.3. The summed E-state index contributed by atoms with van der Waals surface area (Å²) >= 11 is 0. The Morgan fingerprint density at radius 3 is 1.61 bits per heavy atom. The molecule has 3 aliphatic heterocycles. The second-order valence-electron chi connectivity index (χ2n) is 16.5. The molecule has 12 N–H and O–H groups in total. The van der Waals surface area contributed by atoms with Crippen molar-refractivity contribution >= 4 is 5.91 Å². The largest absolute Gasteiger partial charge is 0.394 e. The fraction of sp³-hybridized carbons (Fsp3) is 0.884. The predicted octanol–water partition coefficient (Wildman–Crippen LogP) is -0.699. The predicted molar refractivity (Wildman–Crippen MR) is 222 cm³/mol. The standard InChI is InChI=1S/C43H77NO18/c1-3-5-7-9-11-12-13-15-16-18-20-27(48)26(44-31(49)21-19-17-14-10-8-6-4-2)25-57-41-37(55)34(52)39(29(23-46)59-41)62-43-38(56)35(53)40(30(24-47)60-43)61-42-36(54)33(51)32(50)28(22-45)58-42/h12-13,18,20,26-30,32-43,45-48,50-56H,3-11,14-17,19,21-25H2,1-2H3,(H,44,49)/b13-12+,20-18+. The van der Waals surface area contributed by atoms with E-state index in [1.54, 1.807) is 6.08 Å². The Labute approximate surface area is 365 Å². The zero-order chi connectivity index (χ0) is 45.6. The highest BCUT2D eigenvalue weighted by atomic mass is 16.8. The topological polar surface area (TPSA) is 307 Å². The highest BCUT2D eigenvalue weighted by Gasteiger charge is 2.53. The van der Waals surface area contributed by atoms with E-state index in [1.165, 1.54) is 25.7 Å². The van der Waals surface area contributed by atoms with Gasteiger partial charge in [0.05, 0.1) is 38.6 Å².